The molecular formula is C40H56N4O2S. The minimum atomic E-state index is 0.198. The van der Waals surface area contributed by atoms with Gasteiger partial charge in [-0.15, -0.1) is 0 Å². The number of carbonyl (C=O) groups excluding carboxylic acids is 2. The van der Waals surface area contributed by atoms with Crippen LogP contribution in [0.5, 0.6) is 0 Å². The number of rotatable bonds is 12. The van der Waals surface area contributed by atoms with Crippen LogP contribution in [-0.4, -0.2) is 46.1 Å². The molecule has 4 aromatic rings. The van der Waals surface area contributed by atoms with Crippen molar-refractivity contribution in [2.75, 3.05) is 37.7 Å². The van der Waals surface area contributed by atoms with E-state index >= 15 is 0 Å². The predicted molar refractivity (Wildman–Crippen MR) is 204 cm³/mol. The van der Waals surface area contributed by atoms with Crippen molar-refractivity contribution in [1.29, 1.82) is 0 Å². The summed E-state index contributed by atoms with van der Waals surface area (Å²) < 4.78 is 2.03. The van der Waals surface area contributed by atoms with E-state index in [0.717, 1.165) is 62.1 Å². The Morgan fingerprint density at radius 3 is 1.91 bits per heavy atom. The molecule has 0 fully saturated rings. The summed E-state index contributed by atoms with van der Waals surface area (Å²) in [5.41, 5.74) is 8.44. The molecule has 7 heteroatoms. The highest BCUT2D eigenvalue weighted by molar-refractivity contribution is 7.99. The molecule has 6 nitrogen and oxygen atoms in total. The van der Waals surface area contributed by atoms with Crippen molar-refractivity contribution >= 4 is 30.3 Å². The number of hydrogen-bond donors (Lipinski definition) is 3. The third-order valence-electron chi connectivity index (χ3n) is 6.90. The fourth-order valence-corrected chi connectivity index (χ4v) is 4.55. The molecule has 0 radical (unpaired) electrons. The highest BCUT2D eigenvalue weighted by Gasteiger charge is 2.13. The summed E-state index contributed by atoms with van der Waals surface area (Å²) in [6, 6.07) is 35.1. The van der Waals surface area contributed by atoms with Crippen molar-refractivity contribution in [3.8, 4) is 0 Å². The van der Waals surface area contributed by atoms with E-state index in [1.165, 1.54) is 22.3 Å². The average molecular weight is 657 g/mol. The lowest BCUT2D eigenvalue weighted by atomic mass is 9.86. The maximum Gasteiger partial charge on any atom is 0.207 e. The van der Waals surface area contributed by atoms with Crippen LogP contribution in [0.2, 0.25) is 0 Å². The molecule has 0 unspecified atom stereocenters. The number of nitrogens with zero attached hydrogens (tertiary/aromatic N) is 1. The second-order valence-corrected chi connectivity index (χ2v) is 13.0. The molecule has 0 spiro atoms. The molecule has 0 atom stereocenters. The summed E-state index contributed by atoms with van der Waals surface area (Å²) >= 11 is 1.62. The Bertz CT molecular complexity index is 1390. The lowest BCUT2D eigenvalue weighted by Crippen LogP contribution is -2.21. The van der Waals surface area contributed by atoms with Crippen molar-refractivity contribution in [3.05, 3.63) is 137 Å². The number of carbonyl (C=O) groups is 2. The van der Waals surface area contributed by atoms with E-state index in [2.05, 4.69) is 98.2 Å². The molecule has 0 heterocycles. The minimum Gasteiger partial charge on any atom is -0.359 e. The molecule has 4 rings (SSSR count). The molecule has 0 saturated carbocycles. The smallest absolute Gasteiger partial charge is 0.207 e. The lowest BCUT2D eigenvalue weighted by molar-refractivity contribution is -0.109. The third kappa shape index (κ3) is 19.4. The van der Waals surface area contributed by atoms with E-state index in [9.17, 15) is 9.59 Å². The van der Waals surface area contributed by atoms with E-state index in [4.69, 9.17) is 0 Å². The Kier molecular flexibility index (Phi) is 21.2. The van der Waals surface area contributed by atoms with Crippen LogP contribution in [0.25, 0.3) is 0 Å². The molecule has 254 valence electrons. The Morgan fingerprint density at radius 2 is 1.38 bits per heavy atom. The van der Waals surface area contributed by atoms with E-state index in [1.807, 2.05) is 80.1 Å². The van der Waals surface area contributed by atoms with E-state index < -0.39 is 0 Å². The first-order chi connectivity index (χ1) is 22.5. The first-order valence-corrected chi connectivity index (χ1v) is 17.2. The fraction of sp³-hybridized carbons (Fsp3) is 0.350. The summed E-state index contributed by atoms with van der Waals surface area (Å²) in [5, 5.41) is 9.12. The van der Waals surface area contributed by atoms with Gasteiger partial charge in [0.2, 0.25) is 6.41 Å². The molecule has 3 N–H and O–H groups in total. The Balaban J connectivity index is 0.000000332. The average Bonchev–Trinajstić information content (AvgIpc) is 3.07. The van der Waals surface area contributed by atoms with Crippen molar-refractivity contribution in [3.63, 3.8) is 0 Å². The SMILES string of the molecule is CC(C)(C)c1cccc(CNCCCNC=O)c1.CNCc1ccccc1.CSN(C)c1cc(C)cc(C=O)c1.Cc1ccccc1. The molecule has 0 aromatic heterocycles. The van der Waals surface area contributed by atoms with Gasteiger partial charge < -0.3 is 20.3 Å². The fourth-order valence-electron chi connectivity index (χ4n) is 4.24. The van der Waals surface area contributed by atoms with Gasteiger partial charge in [0, 0.05) is 44.2 Å². The van der Waals surface area contributed by atoms with Gasteiger partial charge in [-0.05, 0) is 79.7 Å². The highest BCUT2D eigenvalue weighted by Crippen LogP contribution is 2.23. The zero-order valence-electron chi connectivity index (χ0n) is 29.7. The molecule has 0 aliphatic carbocycles. The molecule has 0 saturated heterocycles. The van der Waals surface area contributed by atoms with Crippen LogP contribution < -0.4 is 20.3 Å². The van der Waals surface area contributed by atoms with Crippen molar-refractivity contribution in [1.82, 2.24) is 16.0 Å². The van der Waals surface area contributed by atoms with Crippen LogP contribution in [-0.2, 0) is 23.3 Å². The highest BCUT2D eigenvalue weighted by atomic mass is 32.2. The van der Waals surface area contributed by atoms with E-state index in [0.29, 0.717) is 0 Å². The number of aryl methyl sites for hydroxylation is 2. The first kappa shape index (κ1) is 41.1. The van der Waals surface area contributed by atoms with E-state index in [1.54, 1.807) is 11.9 Å². The van der Waals surface area contributed by atoms with Crippen LogP contribution in [0.4, 0.5) is 5.69 Å². The van der Waals surface area contributed by atoms with Gasteiger partial charge in [-0.1, -0.05) is 123 Å². The van der Waals surface area contributed by atoms with Gasteiger partial charge in [0.15, 0.2) is 0 Å². The largest absolute Gasteiger partial charge is 0.359 e. The van der Waals surface area contributed by atoms with Gasteiger partial charge in [-0.2, -0.15) is 0 Å². The van der Waals surface area contributed by atoms with Crippen LogP contribution in [0.3, 0.4) is 0 Å². The van der Waals surface area contributed by atoms with Crippen molar-refractivity contribution in [2.24, 2.45) is 0 Å². The van der Waals surface area contributed by atoms with Crippen molar-refractivity contribution in [2.45, 2.75) is 59.5 Å². The topological polar surface area (TPSA) is 73.5 Å². The molecular weight excluding hydrogens is 601 g/mol. The molecule has 4 aromatic carbocycles. The first-order valence-electron chi connectivity index (χ1n) is 16.1. The van der Waals surface area contributed by atoms with Crippen LogP contribution in [0.1, 0.15) is 65.4 Å². The molecule has 47 heavy (non-hydrogen) atoms. The number of benzene rings is 4. The van der Waals surface area contributed by atoms with Gasteiger partial charge in [0.25, 0.3) is 0 Å². The number of nitrogens with one attached hydrogen (secondary N) is 3. The number of amides is 1. The summed E-state index contributed by atoms with van der Waals surface area (Å²) in [7, 11) is 3.93. The summed E-state index contributed by atoms with van der Waals surface area (Å²) in [4.78, 5) is 20.7. The van der Waals surface area contributed by atoms with E-state index in [-0.39, 0.29) is 5.41 Å². The third-order valence-corrected chi connectivity index (χ3v) is 7.66. The van der Waals surface area contributed by atoms with Gasteiger partial charge in [-0.3, -0.25) is 9.59 Å². The summed E-state index contributed by atoms with van der Waals surface area (Å²) in [6.07, 6.45) is 4.58. The summed E-state index contributed by atoms with van der Waals surface area (Å²) in [6.45, 7) is 14.2. The van der Waals surface area contributed by atoms with Crippen LogP contribution in [0.15, 0.2) is 103 Å². The Labute approximate surface area is 288 Å². The lowest BCUT2D eigenvalue weighted by Gasteiger charge is -2.19. The molecule has 0 bridgehead atoms. The normalized spacial score (nSPS) is 10.1. The standard InChI is InChI=1S/C15H24N2O.C10H13NOS.C8H11N.C7H8/c1-15(2,3)14-7-4-6-13(10-14)11-16-8-5-9-17-12-18;1-8-4-9(7-12)6-10(5-8)11(2)13-3;1-9-7-8-5-3-2-4-6-8;1-7-5-3-2-4-6-7/h4,6-7,10,12,16H,5,8-9,11H2,1-3H3,(H,17,18);4-7H,1-3H3;2-6,9H,7H2,1H3;2-6H,1H3. The second-order valence-electron chi connectivity index (χ2n) is 12.1. The molecule has 0 aliphatic rings. The van der Waals surface area contributed by atoms with Crippen molar-refractivity contribution < 1.29 is 9.59 Å². The summed E-state index contributed by atoms with van der Waals surface area (Å²) in [5.74, 6) is 0. The van der Waals surface area contributed by atoms with Gasteiger partial charge >= 0.3 is 0 Å². The monoisotopic (exact) mass is 656 g/mol. The Morgan fingerprint density at radius 1 is 0.745 bits per heavy atom. The van der Waals surface area contributed by atoms with Gasteiger partial charge in [0.05, 0.1) is 0 Å². The minimum absolute atomic E-state index is 0.198. The zero-order valence-corrected chi connectivity index (χ0v) is 30.5. The van der Waals surface area contributed by atoms with Crippen LogP contribution in [0, 0.1) is 13.8 Å². The second kappa shape index (κ2) is 24.3. The maximum atomic E-state index is 10.6. The molecule has 0 aliphatic heterocycles. The molecule has 1 amide bonds. The predicted octanol–water partition coefficient (Wildman–Crippen LogP) is 8.13. The van der Waals surface area contributed by atoms with Gasteiger partial charge in [0.1, 0.15) is 6.29 Å². The number of anilines is 1. The van der Waals surface area contributed by atoms with Gasteiger partial charge in [-0.25, -0.2) is 0 Å². The maximum absolute atomic E-state index is 10.6. The zero-order chi connectivity index (χ0) is 34.9. The number of hydrogen-bond acceptors (Lipinski definition) is 6. The number of aldehydes is 1. The van der Waals surface area contributed by atoms with Crippen LogP contribution >= 0.6 is 11.9 Å². The Hall–Kier alpha value is -3.91. The quantitative estimate of drug-likeness (QED) is 0.0813.